The summed E-state index contributed by atoms with van der Waals surface area (Å²) in [5.41, 5.74) is 15.7. The number of benzene rings is 2. The van der Waals surface area contributed by atoms with Gasteiger partial charge in [-0.25, -0.2) is 9.97 Å². The van der Waals surface area contributed by atoms with Gasteiger partial charge in [0.05, 0.1) is 29.5 Å². The Labute approximate surface area is 323 Å². The maximum absolute atomic E-state index is 13.3. The summed E-state index contributed by atoms with van der Waals surface area (Å²) in [7, 11) is 3.16. The third kappa shape index (κ3) is 8.86. The summed E-state index contributed by atoms with van der Waals surface area (Å²) >= 11 is 0. The molecule has 0 unspecified atom stereocenters. The molecule has 0 aliphatic carbocycles. The van der Waals surface area contributed by atoms with E-state index in [2.05, 4.69) is 30.8 Å². The van der Waals surface area contributed by atoms with Gasteiger partial charge in [0.2, 0.25) is 23.7 Å². The molecule has 0 spiro atoms. The number of ether oxygens (including phenoxy) is 1. The van der Waals surface area contributed by atoms with Crippen LogP contribution in [-0.4, -0.2) is 81.9 Å². The highest BCUT2D eigenvalue weighted by molar-refractivity contribution is 6.04. The lowest BCUT2D eigenvalue weighted by atomic mass is 10.1. The number of hydrogen-bond acceptors (Lipinski definition) is 11. The number of amides is 3. The molecule has 18 heteroatoms. The fourth-order valence-electron chi connectivity index (χ4n) is 5.97. The molecule has 0 saturated carbocycles. The zero-order valence-corrected chi connectivity index (χ0v) is 32.7. The number of methoxy groups -OCH3 is 1. The molecule has 56 heavy (non-hydrogen) atoms. The number of anilines is 2. The van der Waals surface area contributed by atoms with E-state index in [4.69, 9.17) is 16.2 Å². The van der Waals surface area contributed by atoms with Crippen molar-refractivity contribution in [2.24, 2.45) is 11.5 Å². The lowest BCUT2D eigenvalue weighted by Crippen LogP contribution is -2.20. The summed E-state index contributed by atoms with van der Waals surface area (Å²) in [5.74, 6) is -0.835. The van der Waals surface area contributed by atoms with E-state index in [0.29, 0.717) is 63.9 Å². The van der Waals surface area contributed by atoms with E-state index in [1.165, 1.54) is 31.4 Å². The van der Waals surface area contributed by atoms with E-state index in [-0.39, 0.29) is 29.4 Å². The van der Waals surface area contributed by atoms with Crippen LogP contribution in [0.25, 0.3) is 22.1 Å². The number of nitrogens with two attached hydrogens (primary N) is 2. The number of nitrogens with one attached hydrogen (secondary N) is 2. The third-order valence-corrected chi connectivity index (χ3v) is 8.40. The van der Waals surface area contributed by atoms with Crippen LogP contribution in [0.4, 0.5) is 11.9 Å². The fourth-order valence-corrected chi connectivity index (χ4v) is 5.97. The van der Waals surface area contributed by atoms with E-state index >= 15 is 0 Å². The highest BCUT2D eigenvalue weighted by atomic mass is 16.5. The molecule has 6 rings (SSSR count). The smallest absolute Gasteiger partial charge is 0.276 e. The number of fused-ring (bicyclic) bond motifs is 2. The first kappa shape index (κ1) is 41.8. The van der Waals surface area contributed by atoms with E-state index in [1.54, 1.807) is 44.6 Å². The largest absolute Gasteiger partial charge is 0.506 e. The summed E-state index contributed by atoms with van der Waals surface area (Å²) in [6.07, 6.45) is 4.52. The Hall–Kier alpha value is -6.98. The van der Waals surface area contributed by atoms with Gasteiger partial charge in [0.15, 0.2) is 6.29 Å². The van der Waals surface area contributed by atoms with Crippen molar-refractivity contribution >= 4 is 58.0 Å². The van der Waals surface area contributed by atoms with Crippen molar-refractivity contribution in [1.29, 1.82) is 0 Å². The number of hydrogen-bond donors (Lipinski definition) is 5. The number of primary amides is 2. The molecule has 0 aliphatic rings. The molecule has 0 aliphatic heterocycles. The molecular weight excluding hydrogens is 720 g/mol. The van der Waals surface area contributed by atoms with Crippen LogP contribution >= 0.6 is 0 Å². The zero-order valence-electron chi connectivity index (χ0n) is 32.7. The average Bonchev–Trinajstić information content (AvgIpc) is 3.95. The van der Waals surface area contributed by atoms with Gasteiger partial charge in [0.25, 0.3) is 5.91 Å². The highest BCUT2D eigenvalue weighted by Crippen LogP contribution is 2.32. The number of aromatic nitrogens is 8. The Bertz CT molecular complexity index is 2420. The second-order valence-electron chi connectivity index (χ2n) is 12.0. The molecule has 0 bridgehead atoms. The molecular formula is C38H48N12O6. The number of aromatic hydroxyl groups is 1. The van der Waals surface area contributed by atoms with Crippen LogP contribution in [0.1, 0.15) is 80.8 Å². The monoisotopic (exact) mass is 768 g/mol. The van der Waals surface area contributed by atoms with Crippen LogP contribution < -0.4 is 26.8 Å². The predicted molar refractivity (Wildman–Crippen MR) is 213 cm³/mol. The van der Waals surface area contributed by atoms with Gasteiger partial charge in [0, 0.05) is 44.4 Å². The van der Waals surface area contributed by atoms with E-state index < -0.39 is 17.7 Å². The minimum atomic E-state index is -0.675. The maximum atomic E-state index is 13.3. The molecule has 3 amide bonds. The second-order valence-corrected chi connectivity index (χ2v) is 12.0. The number of aryl methyl sites for hydroxylation is 4. The molecule has 2 aromatic carbocycles. The van der Waals surface area contributed by atoms with E-state index in [1.807, 2.05) is 46.8 Å². The van der Waals surface area contributed by atoms with Crippen LogP contribution in [0.15, 0.2) is 48.6 Å². The summed E-state index contributed by atoms with van der Waals surface area (Å²) in [6, 6.07) is 9.34. The van der Waals surface area contributed by atoms with Crippen LogP contribution in [0.2, 0.25) is 0 Å². The van der Waals surface area contributed by atoms with Gasteiger partial charge in [-0.2, -0.15) is 10.2 Å². The number of carbonyl (C=O) groups excluding carboxylic acids is 4. The Morgan fingerprint density at radius 3 is 1.88 bits per heavy atom. The first-order chi connectivity index (χ1) is 26.8. The summed E-state index contributed by atoms with van der Waals surface area (Å²) in [6.45, 7) is 13.3. The maximum Gasteiger partial charge on any atom is 0.276 e. The number of phenols is 1. The summed E-state index contributed by atoms with van der Waals surface area (Å²) in [5, 5.41) is 25.0. The van der Waals surface area contributed by atoms with Crippen molar-refractivity contribution < 1.29 is 29.0 Å². The lowest BCUT2D eigenvalue weighted by molar-refractivity contribution is 0.0991. The molecule has 0 atom stereocenters. The first-order valence-corrected chi connectivity index (χ1v) is 17.9. The topological polar surface area (TPSA) is 245 Å². The van der Waals surface area contributed by atoms with Crippen molar-refractivity contribution in [2.75, 3.05) is 24.8 Å². The Morgan fingerprint density at radius 1 is 0.804 bits per heavy atom. The summed E-state index contributed by atoms with van der Waals surface area (Å²) < 4.78 is 12.4. The second kappa shape index (κ2) is 18.4. The van der Waals surface area contributed by atoms with Crippen LogP contribution in [0, 0.1) is 13.8 Å². The predicted octanol–water partition coefficient (Wildman–Crippen LogP) is 4.42. The molecule has 4 aromatic heterocycles. The fraction of sp³-hybridized carbons (Fsp3) is 0.316. The number of imidazole rings is 2. The van der Waals surface area contributed by atoms with Gasteiger partial charge in [0.1, 0.15) is 33.9 Å². The molecule has 0 saturated heterocycles. The quantitative estimate of drug-likeness (QED) is 0.0813. The molecule has 6 aromatic rings. The van der Waals surface area contributed by atoms with Crippen LogP contribution in [0.3, 0.4) is 0 Å². The zero-order chi connectivity index (χ0) is 41.3. The SMILES string of the molecule is CC.CCn1nc(C)cc1C(=O)Nc1nc2cc(C(N)=O)cc(OC)c2n1C/C=C/Cn1c(NC)nc2cc(C(N)=O)cc(O)c21.CCn1nc(C)cc1C=O. The minimum Gasteiger partial charge on any atom is -0.506 e. The van der Waals surface area contributed by atoms with E-state index in [0.717, 1.165) is 18.5 Å². The first-order valence-electron chi connectivity index (χ1n) is 17.9. The van der Waals surface area contributed by atoms with Crippen molar-refractivity contribution in [1.82, 2.24) is 38.7 Å². The Balaban J connectivity index is 0.000000500. The molecule has 4 heterocycles. The van der Waals surface area contributed by atoms with Gasteiger partial charge >= 0.3 is 0 Å². The van der Waals surface area contributed by atoms with Gasteiger partial charge in [-0.3, -0.25) is 33.9 Å². The minimum absolute atomic E-state index is 0.138. The molecule has 18 nitrogen and oxygen atoms in total. The average molecular weight is 769 g/mol. The normalized spacial score (nSPS) is 10.9. The highest BCUT2D eigenvalue weighted by Gasteiger charge is 2.21. The third-order valence-electron chi connectivity index (χ3n) is 8.40. The van der Waals surface area contributed by atoms with Crippen molar-refractivity contribution in [3.8, 4) is 11.5 Å². The molecule has 7 N–H and O–H groups in total. The van der Waals surface area contributed by atoms with Gasteiger partial charge < -0.3 is 35.8 Å². The molecule has 0 radical (unpaired) electrons. The van der Waals surface area contributed by atoms with Gasteiger partial charge in [-0.15, -0.1) is 0 Å². The number of nitrogens with zero attached hydrogens (tertiary/aromatic N) is 8. The number of carbonyl (C=O) groups is 4. The Kier molecular flexibility index (Phi) is 13.7. The van der Waals surface area contributed by atoms with Crippen molar-refractivity contribution in [2.45, 2.75) is 67.7 Å². The standard InChI is InChI=1S/C29H32N10O5.C7H10N2O.C2H6/c1-5-39-20(10-15(2)36-39)27(43)35-29-34-19-12-17(26(31)42)14-22(44-4)24(19)38(29)9-7-6-8-37-23-18(33-28(37)32-3)11-16(25(30)41)13-21(23)40;1-3-9-7(5-10)4-6(2)8-9;1-2/h6-7,10-14,40H,5,8-9H2,1-4H3,(H2,30,41)(H2,31,42)(H,32,33)(H,34,35,43);4-5H,3H2,1-2H3;1-2H3/b7-6+;;. The molecule has 296 valence electrons. The van der Waals surface area contributed by atoms with Crippen LogP contribution in [-0.2, 0) is 26.2 Å². The molecule has 0 fully saturated rings. The van der Waals surface area contributed by atoms with Gasteiger partial charge in [-0.1, -0.05) is 26.0 Å². The number of aldehydes is 1. The van der Waals surface area contributed by atoms with E-state index in [9.17, 15) is 24.3 Å². The van der Waals surface area contributed by atoms with Crippen molar-refractivity contribution in [3.05, 3.63) is 82.5 Å². The van der Waals surface area contributed by atoms with Crippen molar-refractivity contribution in [3.63, 3.8) is 0 Å². The Morgan fingerprint density at radius 2 is 1.34 bits per heavy atom. The number of rotatable bonds is 13. The summed E-state index contributed by atoms with van der Waals surface area (Å²) in [4.78, 5) is 56.4. The number of allylic oxidation sites excluding steroid dienone is 2. The van der Waals surface area contributed by atoms with Gasteiger partial charge in [-0.05, 0) is 64.1 Å². The number of phenolic OH excluding ortho intramolecular Hbond substituents is 1. The lowest BCUT2D eigenvalue weighted by Gasteiger charge is -2.11. The van der Waals surface area contributed by atoms with Crippen LogP contribution in [0.5, 0.6) is 11.5 Å².